The summed E-state index contributed by atoms with van der Waals surface area (Å²) in [4.78, 5) is 14.9. The van der Waals surface area contributed by atoms with Gasteiger partial charge in [-0.2, -0.15) is 0 Å². The molecular formula is C17H30N2O. The molecule has 1 heterocycles. The Hall–Kier alpha value is -1.09. The van der Waals surface area contributed by atoms with Crippen LogP contribution in [-0.2, 0) is 7.05 Å². The number of hydrogen-bond acceptors (Lipinski definition) is 2. The summed E-state index contributed by atoms with van der Waals surface area (Å²) in [6, 6.07) is 2.49. The second kappa shape index (κ2) is 7.63. The van der Waals surface area contributed by atoms with E-state index in [0.29, 0.717) is 12.6 Å². The van der Waals surface area contributed by atoms with E-state index in [-0.39, 0.29) is 5.78 Å². The average Bonchev–Trinajstić information content (AvgIpc) is 2.70. The van der Waals surface area contributed by atoms with Crippen LogP contribution in [0.3, 0.4) is 0 Å². The van der Waals surface area contributed by atoms with Gasteiger partial charge in [0.15, 0.2) is 5.78 Å². The molecule has 0 bridgehead atoms. The summed E-state index contributed by atoms with van der Waals surface area (Å²) in [7, 11) is 2.02. The number of nitrogens with zero attached hydrogens (tertiary/aromatic N) is 2. The number of ketones is 1. The molecule has 0 aromatic carbocycles. The van der Waals surface area contributed by atoms with Crippen molar-refractivity contribution in [1.82, 2.24) is 9.47 Å². The minimum atomic E-state index is 0.252. The van der Waals surface area contributed by atoms with E-state index >= 15 is 0 Å². The molecule has 0 radical (unpaired) electrons. The molecule has 0 amide bonds. The number of aromatic nitrogens is 1. The van der Waals surface area contributed by atoms with E-state index in [0.717, 1.165) is 36.3 Å². The molecule has 0 aliphatic rings. The maximum Gasteiger partial charge on any atom is 0.178 e. The predicted octanol–water partition coefficient (Wildman–Crippen LogP) is 3.73. The van der Waals surface area contributed by atoms with Gasteiger partial charge in [0.05, 0.1) is 6.54 Å². The first-order valence-corrected chi connectivity index (χ1v) is 7.82. The van der Waals surface area contributed by atoms with Crippen LogP contribution in [0.4, 0.5) is 0 Å². The first-order valence-electron chi connectivity index (χ1n) is 7.82. The number of rotatable bonds is 8. The van der Waals surface area contributed by atoms with Crippen molar-refractivity contribution in [3.05, 3.63) is 23.0 Å². The Labute approximate surface area is 124 Å². The lowest BCUT2D eigenvalue weighted by Crippen LogP contribution is -2.37. The van der Waals surface area contributed by atoms with Gasteiger partial charge in [0, 0.05) is 30.0 Å². The maximum atomic E-state index is 12.6. The molecule has 0 N–H and O–H groups in total. The number of carbonyl (C=O) groups is 1. The quantitative estimate of drug-likeness (QED) is 0.677. The van der Waals surface area contributed by atoms with Gasteiger partial charge < -0.3 is 4.57 Å². The van der Waals surface area contributed by atoms with Crippen LogP contribution in [-0.4, -0.2) is 34.4 Å². The van der Waals surface area contributed by atoms with Crippen LogP contribution in [0.15, 0.2) is 6.07 Å². The van der Waals surface area contributed by atoms with E-state index in [2.05, 4.69) is 30.2 Å². The van der Waals surface area contributed by atoms with Crippen molar-refractivity contribution in [2.24, 2.45) is 7.05 Å². The monoisotopic (exact) mass is 278 g/mol. The van der Waals surface area contributed by atoms with E-state index in [4.69, 9.17) is 0 Å². The topological polar surface area (TPSA) is 25.2 Å². The summed E-state index contributed by atoms with van der Waals surface area (Å²) >= 11 is 0. The first-order chi connectivity index (χ1) is 9.42. The molecule has 1 atom stereocenters. The maximum absolute atomic E-state index is 12.6. The number of Topliss-reactive ketones (excluding diaryl/α,β-unsaturated/α-hetero) is 1. The van der Waals surface area contributed by atoms with Gasteiger partial charge in [-0.1, -0.05) is 20.3 Å². The molecule has 114 valence electrons. The second-order valence-electron chi connectivity index (χ2n) is 5.85. The lowest BCUT2D eigenvalue weighted by atomic mass is 10.1. The fourth-order valence-electron chi connectivity index (χ4n) is 2.48. The zero-order valence-corrected chi connectivity index (χ0v) is 14.0. The molecule has 1 unspecified atom stereocenters. The Morgan fingerprint density at radius 3 is 2.45 bits per heavy atom. The highest BCUT2D eigenvalue weighted by atomic mass is 16.1. The highest BCUT2D eigenvalue weighted by molar-refractivity contribution is 5.99. The molecule has 3 nitrogen and oxygen atoms in total. The number of aryl methyl sites for hydroxylation is 1. The van der Waals surface area contributed by atoms with Crippen LogP contribution in [0.2, 0.25) is 0 Å². The van der Waals surface area contributed by atoms with E-state index in [1.54, 1.807) is 0 Å². The van der Waals surface area contributed by atoms with Crippen LogP contribution in [0.1, 0.15) is 61.8 Å². The largest absolute Gasteiger partial charge is 0.351 e. The first kappa shape index (κ1) is 17.0. The van der Waals surface area contributed by atoms with Crippen LogP contribution < -0.4 is 0 Å². The van der Waals surface area contributed by atoms with E-state index in [9.17, 15) is 4.79 Å². The summed E-state index contributed by atoms with van der Waals surface area (Å²) in [5.74, 6) is 0.252. The fraction of sp³-hybridized carbons (Fsp3) is 0.706. The van der Waals surface area contributed by atoms with Crippen molar-refractivity contribution in [2.45, 2.75) is 59.9 Å². The van der Waals surface area contributed by atoms with Crippen LogP contribution in [0.5, 0.6) is 0 Å². The van der Waals surface area contributed by atoms with Crippen molar-refractivity contribution in [1.29, 1.82) is 0 Å². The summed E-state index contributed by atoms with van der Waals surface area (Å²) in [5, 5.41) is 0. The van der Waals surface area contributed by atoms with Gasteiger partial charge in [-0.05, 0) is 46.2 Å². The van der Waals surface area contributed by atoms with E-state index in [1.165, 1.54) is 6.42 Å². The standard InChI is InChI=1S/C17H30N2O/c1-7-9-10-19(13(3)8-2)12-17(20)16-11-14(4)18(6)15(16)5/h11,13H,7-10,12H2,1-6H3. The minimum Gasteiger partial charge on any atom is -0.351 e. The van der Waals surface area contributed by atoms with Gasteiger partial charge in [-0.25, -0.2) is 0 Å². The lowest BCUT2D eigenvalue weighted by molar-refractivity contribution is 0.0893. The minimum absolute atomic E-state index is 0.252. The average molecular weight is 278 g/mol. The number of hydrogen-bond donors (Lipinski definition) is 0. The van der Waals surface area contributed by atoms with Gasteiger partial charge in [-0.15, -0.1) is 0 Å². The molecule has 1 rings (SSSR count). The Morgan fingerprint density at radius 1 is 1.35 bits per heavy atom. The fourth-order valence-corrected chi connectivity index (χ4v) is 2.48. The molecule has 1 aromatic rings. The van der Waals surface area contributed by atoms with Gasteiger partial charge in [-0.3, -0.25) is 9.69 Å². The SMILES string of the molecule is CCCCN(CC(=O)c1cc(C)n(C)c1C)C(C)CC. The summed E-state index contributed by atoms with van der Waals surface area (Å²) in [5.41, 5.74) is 3.11. The van der Waals surface area contributed by atoms with Crippen LogP contribution in [0.25, 0.3) is 0 Å². The number of unbranched alkanes of at least 4 members (excludes halogenated alkanes) is 1. The highest BCUT2D eigenvalue weighted by Gasteiger charge is 2.19. The van der Waals surface area contributed by atoms with Crippen molar-refractivity contribution in [2.75, 3.05) is 13.1 Å². The Morgan fingerprint density at radius 2 is 2.00 bits per heavy atom. The molecule has 0 saturated heterocycles. The van der Waals surface area contributed by atoms with Gasteiger partial charge in [0.1, 0.15) is 0 Å². The summed E-state index contributed by atoms with van der Waals surface area (Å²) in [6.45, 7) is 12.2. The van der Waals surface area contributed by atoms with Crippen molar-refractivity contribution in [3.63, 3.8) is 0 Å². The van der Waals surface area contributed by atoms with E-state index in [1.807, 2.05) is 27.0 Å². The smallest absolute Gasteiger partial charge is 0.178 e. The highest BCUT2D eigenvalue weighted by Crippen LogP contribution is 2.15. The van der Waals surface area contributed by atoms with Gasteiger partial charge in [0.25, 0.3) is 0 Å². The van der Waals surface area contributed by atoms with Crippen LogP contribution >= 0.6 is 0 Å². The molecule has 1 aromatic heterocycles. The second-order valence-corrected chi connectivity index (χ2v) is 5.85. The summed E-state index contributed by atoms with van der Waals surface area (Å²) < 4.78 is 2.09. The predicted molar refractivity (Wildman–Crippen MR) is 85.5 cm³/mol. The molecule has 0 aliphatic carbocycles. The van der Waals surface area contributed by atoms with Gasteiger partial charge in [0.2, 0.25) is 0 Å². The Kier molecular flexibility index (Phi) is 6.47. The lowest BCUT2D eigenvalue weighted by Gasteiger charge is -2.27. The van der Waals surface area contributed by atoms with Crippen molar-refractivity contribution < 1.29 is 4.79 Å². The third kappa shape index (κ3) is 3.95. The van der Waals surface area contributed by atoms with Crippen molar-refractivity contribution in [3.8, 4) is 0 Å². The molecular weight excluding hydrogens is 248 g/mol. The van der Waals surface area contributed by atoms with Gasteiger partial charge >= 0.3 is 0 Å². The third-order valence-electron chi connectivity index (χ3n) is 4.44. The van der Waals surface area contributed by atoms with Crippen LogP contribution in [0, 0.1) is 13.8 Å². The molecule has 20 heavy (non-hydrogen) atoms. The Bertz CT molecular complexity index is 448. The summed E-state index contributed by atoms with van der Waals surface area (Å²) in [6.07, 6.45) is 3.42. The molecule has 0 aliphatic heterocycles. The zero-order valence-electron chi connectivity index (χ0n) is 14.0. The normalized spacial score (nSPS) is 12.9. The number of carbonyl (C=O) groups excluding carboxylic acids is 1. The van der Waals surface area contributed by atoms with Crippen molar-refractivity contribution >= 4 is 5.78 Å². The zero-order chi connectivity index (χ0) is 15.3. The molecule has 0 spiro atoms. The molecule has 0 fully saturated rings. The third-order valence-corrected chi connectivity index (χ3v) is 4.44. The molecule has 0 saturated carbocycles. The Balaban J connectivity index is 2.81. The van der Waals surface area contributed by atoms with E-state index < -0.39 is 0 Å². The molecule has 3 heteroatoms.